The van der Waals surface area contributed by atoms with E-state index in [1.54, 1.807) is 7.05 Å². The van der Waals surface area contributed by atoms with E-state index in [1.165, 1.54) is 5.56 Å². The number of nitrogens with zero attached hydrogens (tertiary/aromatic N) is 3. The minimum atomic E-state index is 0.0479. The van der Waals surface area contributed by atoms with Crippen LogP contribution in [-0.4, -0.2) is 42.0 Å². The number of para-hydroxylation sites is 1. The number of ether oxygens (including phenoxy) is 1. The number of benzene rings is 1. The number of hydrogen-bond acceptors (Lipinski definition) is 3. The molecule has 2 N–H and O–H groups in total. The molecule has 0 spiro atoms. The first-order valence-corrected chi connectivity index (χ1v) is 8.74. The third kappa shape index (κ3) is 6.49. The molecule has 1 heterocycles. The second-order valence-electron chi connectivity index (χ2n) is 6.21. The number of aromatic nitrogens is 2. The van der Waals surface area contributed by atoms with Gasteiger partial charge in [0.15, 0.2) is 5.96 Å². The Balaban J connectivity index is 1.66. The number of aryl methyl sites for hydroxylation is 3. The molecule has 0 amide bonds. The Morgan fingerprint density at radius 2 is 2.08 bits per heavy atom. The lowest BCUT2D eigenvalue weighted by Gasteiger charge is -2.18. The molecule has 1 aromatic carbocycles. The van der Waals surface area contributed by atoms with Gasteiger partial charge in [-0.05, 0) is 44.4 Å². The SMILES string of the molecule is CN=C(NCCCn1cc(C)cn1)NCC(C)Oc1ccccc1C. The van der Waals surface area contributed by atoms with Crippen LogP contribution in [0.15, 0.2) is 41.7 Å². The van der Waals surface area contributed by atoms with Gasteiger partial charge in [0.2, 0.25) is 0 Å². The molecule has 0 radical (unpaired) electrons. The average Bonchev–Trinajstić information content (AvgIpc) is 3.01. The fraction of sp³-hybridized carbons (Fsp3) is 0.474. The van der Waals surface area contributed by atoms with E-state index in [0.29, 0.717) is 6.54 Å². The van der Waals surface area contributed by atoms with Crippen molar-refractivity contribution in [3.05, 3.63) is 47.8 Å². The number of rotatable bonds is 8. The number of hydrogen-bond donors (Lipinski definition) is 2. The molecular formula is C19H29N5O. The Labute approximate surface area is 150 Å². The second kappa shape index (κ2) is 9.71. The standard InChI is InChI=1S/C19H29N5O/c1-15-12-23-24(14-15)11-7-10-21-19(20-4)22-13-17(3)25-18-9-6-5-8-16(18)2/h5-6,8-9,12,14,17H,7,10-11,13H2,1-4H3,(H2,20,21,22). The summed E-state index contributed by atoms with van der Waals surface area (Å²) in [5.74, 6) is 1.71. The van der Waals surface area contributed by atoms with Crippen molar-refractivity contribution in [1.82, 2.24) is 20.4 Å². The molecule has 1 aromatic heterocycles. The van der Waals surface area contributed by atoms with E-state index in [0.717, 1.165) is 36.8 Å². The molecule has 2 rings (SSSR count). The van der Waals surface area contributed by atoms with Crippen molar-refractivity contribution < 1.29 is 4.74 Å². The molecule has 6 nitrogen and oxygen atoms in total. The van der Waals surface area contributed by atoms with Crippen LogP contribution < -0.4 is 15.4 Å². The first-order valence-electron chi connectivity index (χ1n) is 8.74. The van der Waals surface area contributed by atoms with Gasteiger partial charge in [-0.3, -0.25) is 9.67 Å². The molecule has 1 unspecified atom stereocenters. The molecule has 1 atom stereocenters. The van der Waals surface area contributed by atoms with Crippen LogP contribution in [0.3, 0.4) is 0 Å². The molecule has 0 saturated carbocycles. The Kier molecular flexibility index (Phi) is 7.32. The highest BCUT2D eigenvalue weighted by molar-refractivity contribution is 5.79. The van der Waals surface area contributed by atoms with Crippen LogP contribution >= 0.6 is 0 Å². The van der Waals surface area contributed by atoms with Crippen LogP contribution in [-0.2, 0) is 6.54 Å². The number of aliphatic imine (C=N–C) groups is 1. The van der Waals surface area contributed by atoms with Crippen molar-refractivity contribution in [3.8, 4) is 5.75 Å². The fourth-order valence-corrected chi connectivity index (χ4v) is 2.45. The third-order valence-corrected chi connectivity index (χ3v) is 3.82. The van der Waals surface area contributed by atoms with Gasteiger partial charge in [-0.25, -0.2) is 0 Å². The lowest BCUT2D eigenvalue weighted by Crippen LogP contribution is -2.42. The van der Waals surface area contributed by atoms with Crippen LogP contribution in [0, 0.1) is 13.8 Å². The number of nitrogens with one attached hydrogen (secondary N) is 2. The van der Waals surface area contributed by atoms with Crippen LogP contribution in [0.4, 0.5) is 0 Å². The third-order valence-electron chi connectivity index (χ3n) is 3.82. The summed E-state index contributed by atoms with van der Waals surface area (Å²) in [4.78, 5) is 4.25. The van der Waals surface area contributed by atoms with Gasteiger partial charge in [-0.2, -0.15) is 5.10 Å². The summed E-state index contributed by atoms with van der Waals surface area (Å²) >= 11 is 0. The highest BCUT2D eigenvalue weighted by atomic mass is 16.5. The van der Waals surface area contributed by atoms with E-state index in [2.05, 4.69) is 39.9 Å². The van der Waals surface area contributed by atoms with Crippen molar-refractivity contribution in [2.75, 3.05) is 20.1 Å². The molecule has 0 aliphatic carbocycles. The average molecular weight is 343 g/mol. The van der Waals surface area contributed by atoms with Gasteiger partial charge in [0.1, 0.15) is 11.9 Å². The minimum absolute atomic E-state index is 0.0479. The van der Waals surface area contributed by atoms with Crippen molar-refractivity contribution >= 4 is 5.96 Å². The molecule has 6 heteroatoms. The van der Waals surface area contributed by atoms with Crippen molar-refractivity contribution in [2.45, 2.75) is 39.8 Å². The Morgan fingerprint density at radius 3 is 2.76 bits per heavy atom. The van der Waals surface area contributed by atoms with Crippen molar-refractivity contribution in [2.24, 2.45) is 4.99 Å². The first kappa shape index (κ1) is 18.8. The largest absolute Gasteiger partial charge is 0.489 e. The zero-order valence-corrected chi connectivity index (χ0v) is 15.6. The van der Waals surface area contributed by atoms with Crippen LogP contribution in [0.25, 0.3) is 0 Å². The van der Waals surface area contributed by atoms with Gasteiger partial charge in [-0.15, -0.1) is 0 Å². The summed E-state index contributed by atoms with van der Waals surface area (Å²) in [6.45, 7) is 8.57. The van der Waals surface area contributed by atoms with E-state index in [1.807, 2.05) is 42.9 Å². The Morgan fingerprint density at radius 1 is 1.28 bits per heavy atom. The predicted octanol–water partition coefficient (Wildman–Crippen LogP) is 2.52. The quantitative estimate of drug-likeness (QED) is 0.439. The molecule has 0 bridgehead atoms. The molecule has 136 valence electrons. The van der Waals surface area contributed by atoms with E-state index in [-0.39, 0.29) is 6.10 Å². The lowest BCUT2D eigenvalue weighted by atomic mass is 10.2. The maximum absolute atomic E-state index is 5.97. The predicted molar refractivity (Wildman–Crippen MR) is 102 cm³/mol. The zero-order chi connectivity index (χ0) is 18.1. The summed E-state index contributed by atoms with van der Waals surface area (Å²) in [5.41, 5.74) is 2.33. The summed E-state index contributed by atoms with van der Waals surface area (Å²) in [7, 11) is 1.78. The molecule has 0 aliphatic rings. The van der Waals surface area contributed by atoms with Gasteiger partial charge in [0.25, 0.3) is 0 Å². The normalized spacial score (nSPS) is 12.7. The van der Waals surface area contributed by atoms with E-state index in [4.69, 9.17) is 4.74 Å². The Hall–Kier alpha value is -2.50. The van der Waals surface area contributed by atoms with Crippen molar-refractivity contribution in [1.29, 1.82) is 0 Å². The fourth-order valence-electron chi connectivity index (χ4n) is 2.45. The van der Waals surface area contributed by atoms with Crippen LogP contribution in [0.5, 0.6) is 5.75 Å². The number of guanidine groups is 1. The molecule has 25 heavy (non-hydrogen) atoms. The highest BCUT2D eigenvalue weighted by Gasteiger charge is 2.07. The first-order chi connectivity index (χ1) is 12.1. The highest BCUT2D eigenvalue weighted by Crippen LogP contribution is 2.17. The molecule has 0 saturated heterocycles. The topological polar surface area (TPSA) is 63.5 Å². The van der Waals surface area contributed by atoms with Gasteiger partial charge in [0, 0.05) is 26.3 Å². The Bertz CT molecular complexity index is 680. The van der Waals surface area contributed by atoms with E-state index >= 15 is 0 Å². The summed E-state index contributed by atoms with van der Waals surface area (Å²) < 4.78 is 7.93. The van der Waals surface area contributed by atoms with Crippen molar-refractivity contribution in [3.63, 3.8) is 0 Å². The lowest BCUT2D eigenvalue weighted by molar-refractivity contribution is 0.222. The maximum atomic E-state index is 5.97. The van der Waals surface area contributed by atoms with Gasteiger partial charge < -0.3 is 15.4 Å². The van der Waals surface area contributed by atoms with E-state index < -0.39 is 0 Å². The van der Waals surface area contributed by atoms with Gasteiger partial charge in [0.05, 0.1) is 12.7 Å². The smallest absolute Gasteiger partial charge is 0.191 e. The molecule has 0 aliphatic heterocycles. The van der Waals surface area contributed by atoms with Crippen LogP contribution in [0.1, 0.15) is 24.5 Å². The molecule has 2 aromatic rings. The summed E-state index contributed by atoms with van der Waals surface area (Å²) in [5, 5.41) is 10.9. The molecular weight excluding hydrogens is 314 g/mol. The second-order valence-corrected chi connectivity index (χ2v) is 6.21. The summed E-state index contributed by atoms with van der Waals surface area (Å²) in [6.07, 6.45) is 4.96. The monoisotopic (exact) mass is 343 g/mol. The zero-order valence-electron chi connectivity index (χ0n) is 15.6. The van der Waals surface area contributed by atoms with E-state index in [9.17, 15) is 0 Å². The molecule has 0 fully saturated rings. The van der Waals surface area contributed by atoms with Gasteiger partial charge >= 0.3 is 0 Å². The van der Waals surface area contributed by atoms with Crippen LogP contribution in [0.2, 0.25) is 0 Å². The summed E-state index contributed by atoms with van der Waals surface area (Å²) in [6, 6.07) is 8.05. The minimum Gasteiger partial charge on any atom is -0.489 e. The maximum Gasteiger partial charge on any atom is 0.191 e. The van der Waals surface area contributed by atoms with Gasteiger partial charge in [-0.1, -0.05) is 18.2 Å².